The molecule has 0 saturated carbocycles. The van der Waals surface area contributed by atoms with Crippen LogP contribution in [0, 0.1) is 5.92 Å². The molecule has 0 aromatic heterocycles. The van der Waals surface area contributed by atoms with Crippen LogP contribution in [0.4, 0.5) is 4.79 Å². The smallest absolute Gasteiger partial charge is 0.410 e. The number of nitrogens with zero attached hydrogens (tertiary/aromatic N) is 2. The number of hydrogen-bond acceptors (Lipinski definition) is 5. The number of carbonyl (C=O) groups is 1. The Balaban J connectivity index is 1.76. The molecular formula is C17H33N3O3. The highest BCUT2D eigenvalue weighted by atomic mass is 16.6. The van der Waals surface area contributed by atoms with E-state index in [0.29, 0.717) is 19.8 Å². The summed E-state index contributed by atoms with van der Waals surface area (Å²) in [6, 6.07) is 0.0601. The molecule has 0 aromatic carbocycles. The molecule has 2 rings (SSSR count). The van der Waals surface area contributed by atoms with Crippen molar-refractivity contribution >= 4 is 6.09 Å². The van der Waals surface area contributed by atoms with E-state index in [1.165, 1.54) is 25.9 Å². The fourth-order valence-corrected chi connectivity index (χ4v) is 3.11. The Bertz CT molecular complexity index is 376. The second-order valence-corrected chi connectivity index (χ2v) is 7.81. The molecule has 0 aliphatic carbocycles. The molecule has 0 aromatic rings. The van der Waals surface area contributed by atoms with E-state index < -0.39 is 5.60 Å². The second kappa shape index (κ2) is 8.31. The van der Waals surface area contributed by atoms with Crippen molar-refractivity contribution < 1.29 is 14.3 Å². The van der Waals surface area contributed by atoms with Gasteiger partial charge >= 0.3 is 6.09 Å². The normalized spacial score (nSPS) is 24.7. The fraction of sp³-hybridized carbons (Fsp3) is 0.941. The highest BCUT2D eigenvalue weighted by Gasteiger charge is 2.31. The molecule has 2 fully saturated rings. The molecule has 6 nitrogen and oxygen atoms in total. The van der Waals surface area contributed by atoms with Gasteiger partial charge in [0, 0.05) is 13.1 Å². The summed E-state index contributed by atoms with van der Waals surface area (Å²) < 4.78 is 11.1. The van der Waals surface area contributed by atoms with Crippen molar-refractivity contribution in [3.8, 4) is 0 Å². The average Bonchev–Trinajstić information content (AvgIpc) is 2.48. The van der Waals surface area contributed by atoms with Gasteiger partial charge in [-0.25, -0.2) is 4.79 Å². The van der Waals surface area contributed by atoms with Crippen molar-refractivity contribution in [2.45, 2.75) is 45.3 Å². The molecule has 134 valence electrons. The van der Waals surface area contributed by atoms with Crippen molar-refractivity contribution in [3.05, 3.63) is 0 Å². The van der Waals surface area contributed by atoms with Crippen LogP contribution in [0.15, 0.2) is 0 Å². The molecule has 0 bridgehead atoms. The lowest BCUT2D eigenvalue weighted by Crippen LogP contribution is -2.54. The molecule has 2 saturated heterocycles. The lowest BCUT2D eigenvalue weighted by Gasteiger charge is -2.37. The van der Waals surface area contributed by atoms with Gasteiger partial charge in [-0.15, -0.1) is 0 Å². The van der Waals surface area contributed by atoms with Crippen molar-refractivity contribution in [2.24, 2.45) is 5.92 Å². The SMILES string of the molecule is CN1CCC(CNCC2COCCN2C(=O)OC(C)(C)C)CC1. The van der Waals surface area contributed by atoms with Crippen molar-refractivity contribution in [2.75, 3.05) is 53.0 Å². The molecule has 2 aliphatic rings. The number of rotatable bonds is 4. The first-order valence-electron chi connectivity index (χ1n) is 8.82. The van der Waals surface area contributed by atoms with Crippen LogP contribution in [0.25, 0.3) is 0 Å². The number of carbonyl (C=O) groups excluding carboxylic acids is 1. The predicted molar refractivity (Wildman–Crippen MR) is 90.6 cm³/mol. The quantitative estimate of drug-likeness (QED) is 0.849. The number of nitrogens with one attached hydrogen (secondary N) is 1. The Morgan fingerprint density at radius 3 is 2.57 bits per heavy atom. The standard InChI is InChI=1S/C17H33N3O3/c1-17(2,3)23-16(21)20-9-10-22-13-15(20)12-18-11-14-5-7-19(4)8-6-14/h14-15,18H,5-13H2,1-4H3. The van der Waals surface area contributed by atoms with Crippen LogP contribution in [-0.2, 0) is 9.47 Å². The van der Waals surface area contributed by atoms with Crippen molar-refractivity contribution in [1.29, 1.82) is 0 Å². The van der Waals surface area contributed by atoms with Gasteiger partial charge in [0.15, 0.2) is 0 Å². The summed E-state index contributed by atoms with van der Waals surface area (Å²) >= 11 is 0. The summed E-state index contributed by atoms with van der Waals surface area (Å²) in [7, 11) is 2.18. The third-order valence-corrected chi connectivity index (χ3v) is 4.51. The zero-order chi connectivity index (χ0) is 16.9. The minimum absolute atomic E-state index is 0.0601. The summed E-state index contributed by atoms with van der Waals surface area (Å²) in [5, 5.41) is 3.54. The third kappa shape index (κ3) is 6.28. The van der Waals surface area contributed by atoms with Crippen LogP contribution in [0.2, 0.25) is 0 Å². The summed E-state index contributed by atoms with van der Waals surface area (Å²) in [5.74, 6) is 0.741. The van der Waals surface area contributed by atoms with E-state index in [-0.39, 0.29) is 12.1 Å². The van der Waals surface area contributed by atoms with Crippen LogP contribution in [-0.4, -0.2) is 80.5 Å². The van der Waals surface area contributed by atoms with Crippen LogP contribution in [0.1, 0.15) is 33.6 Å². The summed E-state index contributed by atoms with van der Waals surface area (Å²) in [6.07, 6.45) is 2.27. The summed E-state index contributed by atoms with van der Waals surface area (Å²) in [4.78, 5) is 16.5. The number of morpholine rings is 1. The Labute approximate surface area is 140 Å². The van der Waals surface area contributed by atoms with Gasteiger partial charge in [0.1, 0.15) is 5.60 Å². The topological polar surface area (TPSA) is 54.0 Å². The van der Waals surface area contributed by atoms with E-state index >= 15 is 0 Å². The largest absolute Gasteiger partial charge is 0.444 e. The molecule has 0 spiro atoms. The second-order valence-electron chi connectivity index (χ2n) is 7.81. The molecule has 2 aliphatic heterocycles. The van der Waals surface area contributed by atoms with Gasteiger partial charge < -0.3 is 19.7 Å². The molecule has 0 radical (unpaired) electrons. The molecule has 23 heavy (non-hydrogen) atoms. The maximum atomic E-state index is 12.3. The molecule has 2 heterocycles. The van der Waals surface area contributed by atoms with Gasteiger partial charge in [0.05, 0.1) is 19.3 Å². The highest BCUT2D eigenvalue weighted by Crippen LogP contribution is 2.16. The van der Waals surface area contributed by atoms with Gasteiger partial charge in [-0.1, -0.05) is 0 Å². The first kappa shape index (κ1) is 18.5. The maximum Gasteiger partial charge on any atom is 0.410 e. The summed E-state index contributed by atoms with van der Waals surface area (Å²) in [6.45, 7) is 11.6. The molecule has 1 atom stereocenters. The van der Waals surface area contributed by atoms with Gasteiger partial charge in [0.2, 0.25) is 0 Å². The highest BCUT2D eigenvalue weighted by molar-refractivity contribution is 5.68. The maximum absolute atomic E-state index is 12.3. The van der Waals surface area contributed by atoms with Crippen LogP contribution in [0.3, 0.4) is 0 Å². The lowest BCUT2D eigenvalue weighted by molar-refractivity contribution is -0.0319. The monoisotopic (exact) mass is 327 g/mol. The number of amides is 1. The van der Waals surface area contributed by atoms with Crippen molar-refractivity contribution in [1.82, 2.24) is 15.1 Å². The molecule has 1 N–H and O–H groups in total. The number of likely N-dealkylation sites (tertiary alicyclic amines) is 1. The van der Waals surface area contributed by atoms with Gasteiger partial charge in [-0.3, -0.25) is 4.90 Å². The Morgan fingerprint density at radius 2 is 1.91 bits per heavy atom. The van der Waals surface area contributed by atoms with E-state index in [9.17, 15) is 4.79 Å². The van der Waals surface area contributed by atoms with E-state index in [4.69, 9.17) is 9.47 Å². The number of ether oxygens (including phenoxy) is 2. The third-order valence-electron chi connectivity index (χ3n) is 4.51. The predicted octanol–water partition coefficient (Wildman–Crippen LogP) is 1.55. The number of piperidine rings is 1. The Morgan fingerprint density at radius 1 is 1.22 bits per heavy atom. The van der Waals surface area contributed by atoms with Gasteiger partial charge in [0.25, 0.3) is 0 Å². The first-order chi connectivity index (χ1) is 10.8. The van der Waals surface area contributed by atoms with Crippen molar-refractivity contribution in [3.63, 3.8) is 0 Å². The Kier molecular flexibility index (Phi) is 6.68. The van der Waals surface area contributed by atoms with E-state index in [1.54, 1.807) is 0 Å². The van der Waals surface area contributed by atoms with E-state index in [2.05, 4.69) is 17.3 Å². The van der Waals surface area contributed by atoms with E-state index in [1.807, 2.05) is 25.7 Å². The summed E-state index contributed by atoms with van der Waals surface area (Å²) in [5.41, 5.74) is -0.457. The van der Waals surface area contributed by atoms with Crippen LogP contribution >= 0.6 is 0 Å². The lowest BCUT2D eigenvalue weighted by atomic mass is 9.97. The van der Waals surface area contributed by atoms with E-state index in [0.717, 1.165) is 19.0 Å². The minimum Gasteiger partial charge on any atom is -0.444 e. The van der Waals surface area contributed by atoms with Gasteiger partial charge in [-0.05, 0) is 66.2 Å². The molecule has 1 unspecified atom stereocenters. The zero-order valence-electron chi connectivity index (χ0n) is 15.1. The fourth-order valence-electron chi connectivity index (χ4n) is 3.11. The van der Waals surface area contributed by atoms with Crippen LogP contribution in [0.5, 0.6) is 0 Å². The first-order valence-corrected chi connectivity index (χ1v) is 8.82. The molecule has 1 amide bonds. The molecule has 6 heteroatoms. The van der Waals surface area contributed by atoms with Crippen LogP contribution < -0.4 is 5.32 Å². The number of hydrogen-bond donors (Lipinski definition) is 1. The average molecular weight is 327 g/mol. The Hall–Kier alpha value is -0.850. The van der Waals surface area contributed by atoms with Gasteiger partial charge in [-0.2, -0.15) is 0 Å². The zero-order valence-corrected chi connectivity index (χ0v) is 15.1. The minimum atomic E-state index is -0.457. The molecular weight excluding hydrogens is 294 g/mol.